The minimum absolute atomic E-state index is 0.174. The predicted molar refractivity (Wildman–Crippen MR) is 130 cm³/mol. The molecule has 174 valence electrons. The monoisotopic (exact) mass is 424 g/mol. The second kappa shape index (κ2) is 6.50. The number of carbonyl (C=O) groups is 1. The molecule has 0 saturated heterocycles. The molecule has 8 atom stereocenters. The minimum atomic E-state index is 0.174. The van der Waals surface area contributed by atoms with Gasteiger partial charge in [0.05, 0.1) is 0 Å². The Labute approximate surface area is 192 Å². The lowest BCUT2D eigenvalue weighted by atomic mass is 9.32. The summed E-state index contributed by atoms with van der Waals surface area (Å²) >= 11 is 0. The molecule has 5 aliphatic carbocycles. The van der Waals surface area contributed by atoms with Gasteiger partial charge < -0.3 is 0 Å². The first kappa shape index (κ1) is 22.2. The Balaban J connectivity index is 1.58. The van der Waals surface area contributed by atoms with Crippen molar-refractivity contribution in [1.29, 1.82) is 0 Å². The molecule has 0 aromatic carbocycles. The fraction of sp³-hybridized carbons (Fsp3) is 0.900. The Bertz CT molecular complexity index is 829. The van der Waals surface area contributed by atoms with Gasteiger partial charge in [0.1, 0.15) is 5.78 Å². The van der Waals surface area contributed by atoms with Crippen LogP contribution in [0.25, 0.3) is 0 Å². The molecule has 5 fully saturated rings. The summed E-state index contributed by atoms with van der Waals surface area (Å²) in [5, 5.41) is 0. The van der Waals surface area contributed by atoms with Crippen molar-refractivity contribution in [2.45, 2.75) is 120 Å². The van der Waals surface area contributed by atoms with Crippen LogP contribution in [0.15, 0.2) is 11.1 Å². The Morgan fingerprint density at radius 2 is 1.42 bits per heavy atom. The number of carbonyl (C=O) groups excluding carboxylic acids is 1. The Morgan fingerprint density at radius 1 is 0.774 bits per heavy atom. The second-order valence-electron chi connectivity index (χ2n) is 14.6. The van der Waals surface area contributed by atoms with Crippen molar-refractivity contribution in [3.8, 4) is 0 Å². The molecule has 0 radical (unpaired) electrons. The topological polar surface area (TPSA) is 17.1 Å². The molecule has 1 heteroatoms. The van der Waals surface area contributed by atoms with E-state index in [1.54, 1.807) is 11.1 Å². The molecular weight excluding hydrogens is 376 g/mol. The van der Waals surface area contributed by atoms with E-state index in [9.17, 15) is 4.79 Å². The first-order valence-electron chi connectivity index (χ1n) is 13.5. The van der Waals surface area contributed by atoms with Gasteiger partial charge >= 0.3 is 0 Å². The first-order chi connectivity index (χ1) is 14.3. The van der Waals surface area contributed by atoms with Crippen LogP contribution >= 0.6 is 0 Å². The van der Waals surface area contributed by atoms with Crippen molar-refractivity contribution >= 4 is 5.78 Å². The van der Waals surface area contributed by atoms with Crippen LogP contribution in [-0.2, 0) is 4.79 Å². The predicted octanol–water partition coefficient (Wildman–Crippen LogP) is 8.38. The molecule has 31 heavy (non-hydrogen) atoms. The van der Waals surface area contributed by atoms with Crippen molar-refractivity contribution < 1.29 is 4.79 Å². The van der Waals surface area contributed by atoms with Gasteiger partial charge in [-0.15, -0.1) is 0 Å². The molecule has 5 rings (SSSR count). The van der Waals surface area contributed by atoms with Gasteiger partial charge in [0.25, 0.3) is 0 Å². The van der Waals surface area contributed by atoms with E-state index in [-0.39, 0.29) is 22.2 Å². The lowest BCUT2D eigenvalue weighted by molar-refractivity contribution is -0.230. The molecule has 5 saturated carbocycles. The molecule has 0 aromatic rings. The molecule has 1 nitrogen and oxygen atoms in total. The average molecular weight is 425 g/mol. The molecule has 0 aliphatic heterocycles. The summed E-state index contributed by atoms with van der Waals surface area (Å²) in [5.74, 6) is 3.19. The summed E-state index contributed by atoms with van der Waals surface area (Å²) in [7, 11) is 0. The minimum Gasteiger partial charge on any atom is -0.299 e. The summed E-state index contributed by atoms with van der Waals surface area (Å²) in [6.07, 6.45) is 12.8. The number of hydrogen-bond acceptors (Lipinski definition) is 1. The number of ketones is 1. The molecule has 0 N–H and O–H groups in total. The van der Waals surface area contributed by atoms with E-state index in [4.69, 9.17) is 0 Å². The van der Waals surface area contributed by atoms with Gasteiger partial charge in [0, 0.05) is 12.3 Å². The van der Waals surface area contributed by atoms with Gasteiger partial charge in [-0.25, -0.2) is 0 Å². The summed E-state index contributed by atoms with van der Waals surface area (Å²) in [4.78, 5) is 14.0. The van der Waals surface area contributed by atoms with Crippen molar-refractivity contribution in [3.05, 3.63) is 11.1 Å². The number of rotatable bonds is 0. The number of fused-ring (bicyclic) bond motifs is 7. The van der Waals surface area contributed by atoms with Gasteiger partial charge in [0.15, 0.2) is 0 Å². The highest BCUT2D eigenvalue weighted by Crippen LogP contribution is 2.77. The van der Waals surface area contributed by atoms with E-state index in [0.717, 1.165) is 18.3 Å². The zero-order chi connectivity index (χ0) is 22.6. The average Bonchev–Trinajstić information content (AvgIpc) is 2.98. The van der Waals surface area contributed by atoms with E-state index >= 15 is 0 Å². The van der Waals surface area contributed by atoms with Crippen LogP contribution < -0.4 is 0 Å². The smallest absolute Gasteiger partial charge is 0.137 e. The maximum atomic E-state index is 14.0. The third kappa shape index (κ3) is 2.59. The fourth-order valence-corrected chi connectivity index (χ4v) is 11.5. The molecule has 0 bridgehead atoms. The summed E-state index contributed by atoms with van der Waals surface area (Å²) in [6, 6.07) is 0. The zero-order valence-corrected chi connectivity index (χ0v) is 21.8. The lowest BCUT2D eigenvalue weighted by Gasteiger charge is -2.72. The van der Waals surface area contributed by atoms with Crippen LogP contribution in [0.4, 0.5) is 0 Å². The van der Waals surface area contributed by atoms with Crippen LogP contribution in [0.5, 0.6) is 0 Å². The number of allylic oxidation sites excluding steroid dienone is 2. The Kier molecular flexibility index (Phi) is 4.66. The van der Waals surface area contributed by atoms with Crippen LogP contribution in [0, 0.1) is 50.7 Å². The van der Waals surface area contributed by atoms with Gasteiger partial charge in [-0.05, 0) is 110 Å². The van der Waals surface area contributed by atoms with Crippen molar-refractivity contribution in [3.63, 3.8) is 0 Å². The van der Waals surface area contributed by atoms with Crippen LogP contribution in [0.1, 0.15) is 120 Å². The molecule has 0 aromatic heterocycles. The molecule has 0 unspecified atom stereocenters. The van der Waals surface area contributed by atoms with Gasteiger partial charge in [-0.1, -0.05) is 59.1 Å². The third-order valence-corrected chi connectivity index (χ3v) is 12.8. The van der Waals surface area contributed by atoms with E-state index in [1.165, 1.54) is 57.8 Å². The van der Waals surface area contributed by atoms with E-state index in [2.05, 4.69) is 55.4 Å². The number of hydrogen-bond donors (Lipinski definition) is 0. The summed E-state index contributed by atoms with van der Waals surface area (Å²) in [6.45, 7) is 19.9. The summed E-state index contributed by atoms with van der Waals surface area (Å²) in [5.41, 5.74) is 4.69. The van der Waals surface area contributed by atoms with Crippen LogP contribution in [-0.4, -0.2) is 5.78 Å². The SMILES string of the molecule is CC(C)=C1CC[C@@]2(C)[C@H]3CC[C@@H]4[C@@]5(C)CCCC(C)(C)[C@@H]5C(=O)C[C@@]4(C)[C@]3(C)CC[C@@H]12. The third-order valence-electron chi connectivity index (χ3n) is 12.8. The highest BCUT2D eigenvalue weighted by atomic mass is 16.1. The van der Waals surface area contributed by atoms with E-state index < -0.39 is 0 Å². The van der Waals surface area contributed by atoms with Crippen LogP contribution in [0.3, 0.4) is 0 Å². The lowest BCUT2D eigenvalue weighted by Crippen LogP contribution is -2.67. The van der Waals surface area contributed by atoms with Crippen molar-refractivity contribution in [2.24, 2.45) is 50.7 Å². The Hall–Kier alpha value is -0.590. The van der Waals surface area contributed by atoms with Crippen molar-refractivity contribution in [1.82, 2.24) is 0 Å². The van der Waals surface area contributed by atoms with Crippen molar-refractivity contribution in [2.75, 3.05) is 0 Å². The van der Waals surface area contributed by atoms with Crippen LogP contribution in [0.2, 0.25) is 0 Å². The quantitative estimate of drug-likeness (QED) is 0.357. The van der Waals surface area contributed by atoms with E-state index in [1.807, 2.05) is 0 Å². The molecule has 0 amide bonds. The van der Waals surface area contributed by atoms with Gasteiger partial charge in [-0.3, -0.25) is 4.79 Å². The number of Topliss-reactive ketones (excluding diaryl/α,β-unsaturated/α-hetero) is 1. The standard InChI is InChI=1S/C30H48O/c1-19(2)20-12-16-27(5)21(20)13-17-29(7)23(27)10-11-24-28(6)15-9-14-26(3,4)25(28)22(31)18-30(24,29)8/h21,23-25H,9-18H2,1-8H3/t21-,23+,24+,25-,27+,28+,29+,30+/m0/s1. The maximum absolute atomic E-state index is 14.0. The normalized spacial score (nSPS) is 53.3. The molecular formula is C30H48O. The second-order valence-corrected chi connectivity index (χ2v) is 14.6. The fourth-order valence-electron chi connectivity index (χ4n) is 11.5. The maximum Gasteiger partial charge on any atom is 0.137 e. The Morgan fingerprint density at radius 3 is 2.06 bits per heavy atom. The van der Waals surface area contributed by atoms with Gasteiger partial charge in [0.2, 0.25) is 0 Å². The highest BCUT2D eigenvalue weighted by molar-refractivity contribution is 5.85. The molecule has 0 heterocycles. The first-order valence-corrected chi connectivity index (χ1v) is 13.5. The van der Waals surface area contributed by atoms with E-state index in [0.29, 0.717) is 22.5 Å². The molecule has 0 spiro atoms. The summed E-state index contributed by atoms with van der Waals surface area (Å²) < 4.78 is 0. The zero-order valence-electron chi connectivity index (χ0n) is 21.8. The largest absolute Gasteiger partial charge is 0.299 e. The van der Waals surface area contributed by atoms with Gasteiger partial charge in [-0.2, -0.15) is 0 Å². The molecule has 5 aliphatic rings. The highest BCUT2D eigenvalue weighted by Gasteiger charge is 2.71.